The number of aryl methyl sites for hydroxylation is 1. The first-order chi connectivity index (χ1) is 10.8. The van der Waals surface area contributed by atoms with Gasteiger partial charge in [0.15, 0.2) is 0 Å². The van der Waals surface area contributed by atoms with Gasteiger partial charge in [0.25, 0.3) is 0 Å². The topological polar surface area (TPSA) is 30.0 Å². The van der Waals surface area contributed by atoms with Crippen molar-refractivity contribution in [1.82, 2.24) is 4.98 Å². The molecule has 23 heavy (non-hydrogen) atoms. The Morgan fingerprint density at radius 3 is 2.35 bits per heavy atom. The van der Waals surface area contributed by atoms with Crippen LogP contribution >= 0.6 is 23.1 Å². The summed E-state index contributed by atoms with van der Waals surface area (Å²) in [5.74, 6) is -0.294. The molecule has 0 unspecified atom stereocenters. The maximum atomic E-state index is 13.2. The second kappa shape index (κ2) is 5.85. The summed E-state index contributed by atoms with van der Waals surface area (Å²) in [6.07, 6.45) is 0. The number of rotatable bonds is 2. The van der Waals surface area contributed by atoms with Crippen LogP contribution in [-0.2, 0) is 4.57 Å². The first-order valence-corrected chi connectivity index (χ1v) is 10.6. The second-order valence-electron chi connectivity index (χ2n) is 6.03. The van der Waals surface area contributed by atoms with Gasteiger partial charge in [0.05, 0.1) is 5.52 Å². The Kier molecular flexibility index (Phi) is 4.16. The number of hydrogen-bond donors (Lipinski definition) is 0. The van der Waals surface area contributed by atoms with Crippen molar-refractivity contribution in [2.45, 2.75) is 6.92 Å². The molecule has 0 aliphatic carbocycles. The lowest BCUT2D eigenvalue weighted by Crippen LogP contribution is -2.12. The van der Waals surface area contributed by atoms with Gasteiger partial charge >= 0.3 is 0 Å². The molecule has 0 atom stereocenters. The molecule has 0 saturated carbocycles. The highest BCUT2D eigenvalue weighted by atomic mass is 79.9. The van der Waals surface area contributed by atoms with E-state index in [0.717, 1.165) is 32.1 Å². The van der Waals surface area contributed by atoms with Crippen LogP contribution in [0.3, 0.4) is 0 Å². The number of benzene rings is 2. The van der Waals surface area contributed by atoms with E-state index < -0.39 is 7.14 Å². The molecule has 0 aliphatic rings. The maximum absolute atomic E-state index is 13.2. The number of fused-ring (bicyclic) bond motifs is 1. The first kappa shape index (κ1) is 16.4. The smallest absolute Gasteiger partial charge is 0.127 e. The number of halogens is 2. The zero-order chi connectivity index (χ0) is 16.8. The van der Waals surface area contributed by atoms with Crippen LogP contribution in [0.1, 0.15) is 5.56 Å². The van der Waals surface area contributed by atoms with E-state index in [-0.39, 0.29) is 5.82 Å². The first-order valence-electron chi connectivity index (χ1n) is 7.18. The monoisotopic (exact) mass is 391 g/mol. The molecule has 0 saturated heterocycles. The van der Waals surface area contributed by atoms with Gasteiger partial charge in [-0.05, 0) is 61.7 Å². The summed E-state index contributed by atoms with van der Waals surface area (Å²) in [5, 5.41) is 0.951. The number of nitrogens with zero attached hydrogens (tertiary/aromatic N) is 1. The molecule has 118 valence electrons. The summed E-state index contributed by atoms with van der Waals surface area (Å²) in [7, 11) is -2.59. The molecule has 0 radical (unpaired) electrons. The van der Waals surface area contributed by atoms with Gasteiger partial charge in [-0.25, -0.2) is 9.37 Å². The Hall–Kier alpha value is -1.51. The number of pyridine rings is 1. The minimum Gasteiger partial charge on any atom is -0.318 e. The van der Waals surface area contributed by atoms with E-state index in [4.69, 9.17) is 0 Å². The molecule has 2 nitrogen and oxygen atoms in total. The molecule has 5 heteroatoms. The molecule has 1 heterocycles. The van der Waals surface area contributed by atoms with Gasteiger partial charge in [-0.2, -0.15) is 0 Å². The molecule has 3 aromatic rings. The number of aromatic nitrogens is 1. The average Bonchev–Trinajstić information content (AvgIpc) is 2.46. The summed E-state index contributed by atoms with van der Waals surface area (Å²) in [6.45, 7) is 5.41. The SMILES string of the molecule is Cc1cc(Br)c2cc(-c3ccc(F)cc3)c(P(C)(C)=O)nc2c1. The van der Waals surface area contributed by atoms with Gasteiger partial charge in [0.2, 0.25) is 0 Å². The molecule has 1 aromatic heterocycles. The fraction of sp³-hybridized carbons (Fsp3) is 0.167. The lowest BCUT2D eigenvalue weighted by molar-refractivity contribution is 0.588. The van der Waals surface area contributed by atoms with Gasteiger partial charge in [0.1, 0.15) is 18.4 Å². The van der Waals surface area contributed by atoms with Crippen LogP contribution < -0.4 is 5.44 Å². The molecule has 0 fully saturated rings. The average molecular weight is 392 g/mol. The molecule has 2 aromatic carbocycles. The Morgan fingerprint density at radius 2 is 1.74 bits per heavy atom. The van der Waals surface area contributed by atoms with E-state index in [1.807, 2.05) is 25.1 Å². The van der Waals surface area contributed by atoms with E-state index in [0.29, 0.717) is 5.44 Å². The van der Waals surface area contributed by atoms with Crippen molar-refractivity contribution < 1.29 is 8.96 Å². The molecule has 0 bridgehead atoms. The Labute approximate surface area is 143 Å². The third-order valence-corrected chi connectivity index (χ3v) is 5.69. The van der Waals surface area contributed by atoms with Crippen molar-refractivity contribution in [3.05, 3.63) is 58.3 Å². The van der Waals surface area contributed by atoms with Crippen LogP contribution in [0.25, 0.3) is 22.0 Å². The van der Waals surface area contributed by atoms with Gasteiger partial charge in [-0.15, -0.1) is 0 Å². The highest BCUT2D eigenvalue weighted by Gasteiger charge is 2.21. The van der Waals surface area contributed by atoms with Crippen molar-refractivity contribution >= 4 is 39.4 Å². The van der Waals surface area contributed by atoms with Crippen molar-refractivity contribution in [3.63, 3.8) is 0 Å². The normalized spacial score (nSPS) is 11.9. The van der Waals surface area contributed by atoms with Crippen LogP contribution in [0.4, 0.5) is 4.39 Å². The maximum Gasteiger partial charge on any atom is 0.127 e. The molecule has 0 N–H and O–H groups in total. The summed E-state index contributed by atoms with van der Waals surface area (Å²) in [5.41, 5.74) is 4.07. The molecule has 3 rings (SSSR count). The van der Waals surface area contributed by atoms with E-state index in [2.05, 4.69) is 20.9 Å². The molecule has 0 amide bonds. The Morgan fingerprint density at radius 1 is 1.09 bits per heavy atom. The van der Waals surface area contributed by atoms with E-state index in [1.54, 1.807) is 25.5 Å². The molecule has 0 spiro atoms. The highest BCUT2D eigenvalue weighted by molar-refractivity contribution is 9.10. The van der Waals surface area contributed by atoms with Crippen LogP contribution in [-0.4, -0.2) is 18.3 Å². The fourth-order valence-electron chi connectivity index (χ4n) is 2.61. The van der Waals surface area contributed by atoms with E-state index in [9.17, 15) is 8.96 Å². The largest absolute Gasteiger partial charge is 0.318 e. The van der Waals surface area contributed by atoms with Crippen molar-refractivity contribution in [2.75, 3.05) is 13.3 Å². The standard InChI is InChI=1S/C18H16BrFNOP/c1-11-8-16(19)15-10-14(12-4-6-13(20)7-5-12)18(23(2,3)22)21-17(15)9-11/h4-10H,1-3H3. The van der Waals surface area contributed by atoms with Gasteiger partial charge in [-0.3, -0.25) is 0 Å². The third-order valence-electron chi connectivity index (χ3n) is 3.67. The second-order valence-corrected chi connectivity index (χ2v) is 10.0. The van der Waals surface area contributed by atoms with Crippen LogP contribution in [0.5, 0.6) is 0 Å². The van der Waals surface area contributed by atoms with Crippen LogP contribution in [0, 0.1) is 12.7 Å². The quantitative estimate of drug-likeness (QED) is 0.550. The summed E-state index contributed by atoms with van der Waals surface area (Å²) in [6, 6.07) is 12.2. The minimum atomic E-state index is -2.59. The van der Waals surface area contributed by atoms with Crippen LogP contribution in [0.15, 0.2) is 46.9 Å². The Balaban J connectivity index is 2.38. The lowest BCUT2D eigenvalue weighted by atomic mass is 10.0. The third kappa shape index (κ3) is 3.24. The highest BCUT2D eigenvalue weighted by Crippen LogP contribution is 2.40. The predicted molar refractivity (Wildman–Crippen MR) is 98.7 cm³/mol. The zero-order valence-electron chi connectivity index (χ0n) is 13.1. The van der Waals surface area contributed by atoms with Crippen LogP contribution in [0.2, 0.25) is 0 Å². The van der Waals surface area contributed by atoms with Crippen molar-refractivity contribution in [1.29, 1.82) is 0 Å². The van der Waals surface area contributed by atoms with Gasteiger partial charge in [0, 0.05) is 15.4 Å². The van der Waals surface area contributed by atoms with Crippen molar-refractivity contribution in [3.8, 4) is 11.1 Å². The van der Waals surface area contributed by atoms with Crippen molar-refractivity contribution in [2.24, 2.45) is 0 Å². The lowest BCUT2D eigenvalue weighted by Gasteiger charge is -2.15. The predicted octanol–water partition coefficient (Wildman–Crippen LogP) is 5.36. The van der Waals surface area contributed by atoms with E-state index >= 15 is 0 Å². The molecular weight excluding hydrogens is 376 g/mol. The molecule has 0 aliphatic heterocycles. The summed E-state index contributed by atoms with van der Waals surface area (Å²) >= 11 is 3.57. The Bertz CT molecular complexity index is 947. The summed E-state index contributed by atoms with van der Waals surface area (Å²) in [4.78, 5) is 4.68. The van der Waals surface area contributed by atoms with E-state index in [1.165, 1.54) is 12.1 Å². The number of hydrogen-bond acceptors (Lipinski definition) is 2. The summed E-state index contributed by atoms with van der Waals surface area (Å²) < 4.78 is 26.9. The van der Waals surface area contributed by atoms with Gasteiger partial charge in [-0.1, -0.05) is 28.1 Å². The molecular formula is C18H16BrFNOP. The zero-order valence-corrected chi connectivity index (χ0v) is 15.6. The fourth-order valence-corrected chi connectivity index (χ4v) is 4.41. The minimum absolute atomic E-state index is 0.294. The van der Waals surface area contributed by atoms with Gasteiger partial charge < -0.3 is 4.57 Å².